The Balaban J connectivity index is 0.00000306. The van der Waals surface area contributed by atoms with E-state index >= 15 is 0 Å². The van der Waals surface area contributed by atoms with E-state index in [9.17, 15) is 17.8 Å². The maximum absolute atomic E-state index is 12.2. The number of H-pyrrole nitrogens is 1. The minimum absolute atomic E-state index is 0. The topological polar surface area (TPSA) is 106 Å². The number of carbonyl (C=O) groups is 1. The molecule has 0 unspecified atom stereocenters. The van der Waals surface area contributed by atoms with Crippen LogP contribution in [0.3, 0.4) is 0 Å². The number of hydrogen-bond acceptors (Lipinski definition) is 6. The van der Waals surface area contributed by atoms with Gasteiger partial charge in [-0.2, -0.15) is 0 Å². The summed E-state index contributed by atoms with van der Waals surface area (Å²) in [5.74, 6) is 0.601. The van der Waals surface area contributed by atoms with E-state index in [0.29, 0.717) is 28.5 Å². The Morgan fingerprint density at radius 2 is 1.73 bits per heavy atom. The predicted molar refractivity (Wildman–Crippen MR) is 123 cm³/mol. The molecule has 0 aliphatic rings. The first-order chi connectivity index (χ1) is 15.3. The zero-order valence-electron chi connectivity index (χ0n) is 18.2. The summed E-state index contributed by atoms with van der Waals surface area (Å²) in [5, 5.41) is 0.624. The smallest absolute Gasteiger partial charge is 0.744 e. The molecule has 10 heteroatoms. The van der Waals surface area contributed by atoms with E-state index < -0.39 is 10.1 Å². The molecule has 7 nitrogen and oxygen atoms in total. The number of amides is 1. The Bertz CT molecular complexity index is 1360. The van der Waals surface area contributed by atoms with Crippen molar-refractivity contribution in [3.63, 3.8) is 0 Å². The first-order valence-corrected chi connectivity index (χ1v) is 12.2. The van der Waals surface area contributed by atoms with Crippen molar-refractivity contribution in [2.45, 2.75) is 29.3 Å². The number of aromatic amines is 1. The molecule has 1 heterocycles. The fourth-order valence-corrected chi connectivity index (χ4v) is 4.60. The molecule has 164 valence electrons. The van der Waals surface area contributed by atoms with Crippen LogP contribution in [0.2, 0.25) is 0 Å². The Hall–Kier alpha value is -2.14. The van der Waals surface area contributed by atoms with Crippen molar-refractivity contribution in [3.8, 4) is 0 Å². The van der Waals surface area contributed by atoms with Crippen LogP contribution >= 0.6 is 11.8 Å². The van der Waals surface area contributed by atoms with E-state index in [0.717, 1.165) is 16.8 Å². The molecule has 4 aromatic rings. The van der Waals surface area contributed by atoms with Crippen molar-refractivity contribution in [1.29, 1.82) is 0 Å². The van der Waals surface area contributed by atoms with Crippen molar-refractivity contribution in [2.75, 3.05) is 4.90 Å². The monoisotopic (exact) mass is 489 g/mol. The molecule has 3 aromatic carbocycles. The minimum atomic E-state index is -4.51. The van der Waals surface area contributed by atoms with E-state index in [1.165, 1.54) is 30.0 Å². The summed E-state index contributed by atoms with van der Waals surface area (Å²) in [6.07, 6.45) is 0. The van der Waals surface area contributed by atoms with Gasteiger partial charge in [-0.3, -0.25) is 4.79 Å². The maximum Gasteiger partial charge on any atom is 1.00 e. The van der Waals surface area contributed by atoms with E-state index in [4.69, 9.17) is 0 Å². The van der Waals surface area contributed by atoms with Crippen LogP contribution < -0.4 is 34.5 Å². The van der Waals surface area contributed by atoms with Gasteiger partial charge in [0.2, 0.25) is 5.91 Å². The van der Waals surface area contributed by atoms with Crippen molar-refractivity contribution < 1.29 is 47.3 Å². The van der Waals surface area contributed by atoms with Gasteiger partial charge in [-0.25, -0.2) is 13.4 Å². The number of imidazole rings is 1. The Morgan fingerprint density at radius 1 is 1.03 bits per heavy atom. The Kier molecular flexibility index (Phi) is 8.38. The van der Waals surface area contributed by atoms with Gasteiger partial charge in [-0.1, -0.05) is 54.2 Å². The number of thioether (sulfide) groups is 1. The van der Waals surface area contributed by atoms with Gasteiger partial charge in [-0.15, -0.1) is 0 Å². The number of fused-ring (bicyclic) bond motifs is 1. The Labute approximate surface area is 218 Å². The molecule has 0 saturated carbocycles. The summed E-state index contributed by atoms with van der Waals surface area (Å²) < 4.78 is 33.6. The number of nitrogens with zero attached hydrogens (tertiary/aromatic N) is 2. The third kappa shape index (κ3) is 6.47. The van der Waals surface area contributed by atoms with Crippen molar-refractivity contribution in [2.24, 2.45) is 0 Å². The normalized spacial score (nSPS) is 11.2. The second kappa shape index (κ2) is 10.9. The first kappa shape index (κ1) is 25.5. The van der Waals surface area contributed by atoms with Gasteiger partial charge in [-0.05, 0) is 41.5 Å². The molecular weight excluding hydrogens is 469 g/mol. The summed E-state index contributed by atoms with van der Waals surface area (Å²) in [7, 11) is -4.51. The van der Waals surface area contributed by atoms with Crippen LogP contribution in [-0.2, 0) is 27.2 Å². The van der Waals surface area contributed by atoms with E-state index in [1.54, 1.807) is 11.8 Å². The molecule has 0 atom stereocenters. The third-order valence-corrected chi connectivity index (χ3v) is 6.68. The average molecular weight is 490 g/mol. The fourth-order valence-electron chi connectivity index (χ4n) is 3.26. The van der Waals surface area contributed by atoms with Crippen LogP contribution in [0.1, 0.15) is 18.1 Å². The van der Waals surface area contributed by atoms with Crippen LogP contribution in [0.4, 0.5) is 5.69 Å². The molecule has 0 aliphatic carbocycles. The molecule has 0 radical (unpaired) electrons. The molecule has 0 bridgehead atoms. The SMILES string of the molecule is CC(=O)N(Cc1ccccc1)c1ccc(CSc2nc3ccc(S(=O)(=O)[O-])cc3[nH]2)cc1.[Na+]. The van der Waals surface area contributed by atoms with Gasteiger partial charge in [0.25, 0.3) is 0 Å². The maximum atomic E-state index is 12.2. The second-order valence-corrected chi connectivity index (χ2v) is 9.56. The molecule has 1 amide bonds. The fraction of sp³-hybridized carbons (Fsp3) is 0.130. The number of benzene rings is 3. The molecule has 0 spiro atoms. The quantitative estimate of drug-likeness (QED) is 0.238. The number of carbonyl (C=O) groups excluding carboxylic acids is 1. The van der Waals surface area contributed by atoms with Crippen LogP contribution in [-0.4, -0.2) is 28.8 Å². The summed E-state index contributed by atoms with van der Waals surface area (Å²) in [6.45, 7) is 2.06. The van der Waals surface area contributed by atoms with Crippen LogP contribution in [0.15, 0.2) is 82.8 Å². The second-order valence-electron chi connectivity index (χ2n) is 7.22. The van der Waals surface area contributed by atoms with Gasteiger partial charge in [0.15, 0.2) is 5.16 Å². The average Bonchev–Trinajstić information content (AvgIpc) is 3.19. The summed E-state index contributed by atoms with van der Waals surface area (Å²) in [5.41, 5.74) is 4.02. The van der Waals surface area contributed by atoms with Gasteiger partial charge < -0.3 is 14.4 Å². The largest absolute Gasteiger partial charge is 1.00 e. The standard InChI is InChI=1S/C23H21N3O4S2.Na/c1-16(27)26(14-17-5-3-2-4-6-17)19-9-7-18(8-10-19)15-31-23-24-21-12-11-20(32(28,29)30)13-22(21)25-23;/h2-13H,14-15H2,1H3,(H,24,25)(H,28,29,30);/q;+1/p-1. The number of anilines is 1. The molecule has 0 aliphatic heterocycles. The Morgan fingerprint density at radius 3 is 2.36 bits per heavy atom. The summed E-state index contributed by atoms with van der Waals surface area (Å²) >= 11 is 1.46. The van der Waals surface area contributed by atoms with Crippen LogP contribution in [0, 0.1) is 0 Å². The zero-order valence-corrected chi connectivity index (χ0v) is 21.8. The van der Waals surface area contributed by atoms with Gasteiger partial charge in [0.1, 0.15) is 10.1 Å². The predicted octanol–water partition coefficient (Wildman–Crippen LogP) is 1.32. The zero-order chi connectivity index (χ0) is 22.7. The van der Waals surface area contributed by atoms with Crippen molar-refractivity contribution in [1.82, 2.24) is 9.97 Å². The number of nitrogens with one attached hydrogen (secondary N) is 1. The number of hydrogen-bond donors (Lipinski definition) is 1. The molecule has 0 fully saturated rings. The first-order valence-electron chi connectivity index (χ1n) is 9.79. The molecule has 33 heavy (non-hydrogen) atoms. The molecule has 1 N–H and O–H groups in total. The summed E-state index contributed by atoms with van der Waals surface area (Å²) in [4.78, 5) is 21.1. The molecule has 0 saturated heterocycles. The summed E-state index contributed by atoms with van der Waals surface area (Å²) in [6, 6.07) is 21.7. The van der Waals surface area contributed by atoms with E-state index in [-0.39, 0.29) is 40.4 Å². The van der Waals surface area contributed by atoms with Crippen LogP contribution in [0.5, 0.6) is 0 Å². The van der Waals surface area contributed by atoms with E-state index in [1.807, 2.05) is 54.6 Å². The minimum Gasteiger partial charge on any atom is -0.744 e. The van der Waals surface area contributed by atoms with Crippen molar-refractivity contribution >= 4 is 44.5 Å². The number of aromatic nitrogens is 2. The molecule has 4 rings (SSSR count). The van der Waals surface area contributed by atoms with E-state index in [2.05, 4.69) is 9.97 Å². The number of rotatable bonds is 7. The van der Waals surface area contributed by atoms with Gasteiger partial charge in [0.05, 0.1) is 22.5 Å². The molecular formula is C23H20N3NaO4S2. The van der Waals surface area contributed by atoms with Gasteiger partial charge >= 0.3 is 29.6 Å². The van der Waals surface area contributed by atoms with Crippen molar-refractivity contribution in [3.05, 3.63) is 83.9 Å². The third-order valence-electron chi connectivity index (χ3n) is 4.91. The molecule has 1 aromatic heterocycles. The van der Waals surface area contributed by atoms with Gasteiger partial charge in [0, 0.05) is 18.4 Å². The van der Waals surface area contributed by atoms with Crippen LogP contribution in [0.25, 0.3) is 11.0 Å².